The predicted octanol–water partition coefficient (Wildman–Crippen LogP) is 5.41. The van der Waals surface area contributed by atoms with E-state index in [1.807, 2.05) is 60.9 Å². The molecule has 9 heteroatoms. The lowest BCUT2D eigenvalue weighted by atomic mass is 10.2. The van der Waals surface area contributed by atoms with Crippen LogP contribution in [0.4, 0.5) is 5.69 Å². The molecule has 1 N–H and O–H groups in total. The van der Waals surface area contributed by atoms with Crippen LogP contribution < -0.4 is 14.8 Å². The number of rotatable bonds is 10. The van der Waals surface area contributed by atoms with Crippen molar-refractivity contribution in [1.82, 2.24) is 14.8 Å². The number of carbonyl (C=O) groups is 1. The maximum atomic E-state index is 12.5. The topological polar surface area (TPSA) is 78.3 Å². The third kappa shape index (κ3) is 6.14. The number of hydrogen-bond donors (Lipinski definition) is 1. The molecule has 2 aromatic carbocycles. The Labute approximate surface area is 200 Å². The van der Waals surface area contributed by atoms with Crippen molar-refractivity contribution < 1.29 is 14.3 Å². The van der Waals surface area contributed by atoms with Gasteiger partial charge in [-0.05, 0) is 49.7 Å². The number of aryl methyl sites for hydroxylation is 1. The molecule has 0 saturated carbocycles. The fourth-order valence-electron chi connectivity index (χ4n) is 3.02. The molecule has 0 saturated heterocycles. The van der Waals surface area contributed by atoms with Gasteiger partial charge in [-0.1, -0.05) is 39.8 Å². The summed E-state index contributed by atoms with van der Waals surface area (Å²) in [7, 11) is 1.61. The highest BCUT2D eigenvalue weighted by atomic mass is 79.9. The molecule has 1 unspecified atom stereocenters. The molecule has 0 aliphatic carbocycles. The number of nitrogens with zero attached hydrogens (tertiary/aromatic N) is 3. The van der Waals surface area contributed by atoms with Crippen LogP contribution in [-0.4, -0.2) is 33.5 Å². The van der Waals surface area contributed by atoms with Gasteiger partial charge in [-0.15, -0.1) is 16.8 Å². The van der Waals surface area contributed by atoms with Crippen LogP contribution in [0.2, 0.25) is 0 Å². The summed E-state index contributed by atoms with van der Waals surface area (Å²) in [6.45, 7) is 8.18. The molecule has 0 fully saturated rings. The molecule has 0 radical (unpaired) electrons. The van der Waals surface area contributed by atoms with Crippen LogP contribution in [0, 0.1) is 6.92 Å². The molecule has 1 heterocycles. The predicted molar refractivity (Wildman–Crippen MR) is 130 cm³/mol. The zero-order valence-corrected chi connectivity index (χ0v) is 20.6. The highest BCUT2D eigenvalue weighted by Crippen LogP contribution is 2.27. The van der Waals surface area contributed by atoms with Crippen LogP contribution in [0.3, 0.4) is 0 Å². The number of hydrogen-bond acceptors (Lipinski definition) is 6. The van der Waals surface area contributed by atoms with Gasteiger partial charge in [-0.25, -0.2) is 0 Å². The van der Waals surface area contributed by atoms with E-state index in [0.717, 1.165) is 15.7 Å². The first kappa shape index (κ1) is 23.9. The highest BCUT2D eigenvalue weighted by Gasteiger charge is 2.20. The number of benzene rings is 2. The van der Waals surface area contributed by atoms with Crippen molar-refractivity contribution in [2.75, 3.05) is 18.2 Å². The lowest BCUT2D eigenvalue weighted by molar-refractivity contribution is -0.113. The molecule has 1 aromatic heterocycles. The monoisotopic (exact) mass is 516 g/mol. The number of ether oxygens (including phenoxy) is 2. The van der Waals surface area contributed by atoms with Gasteiger partial charge in [0.05, 0.1) is 12.9 Å². The second kappa shape index (κ2) is 11.2. The van der Waals surface area contributed by atoms with Gasteiger partial charge in [0.2, 0.25) is 5.91 Å². The second-order valence-corrected chi connectivity index (χ2v) is 8.83. The molecule has 3 rings (SSSR count). The number of thioether (sulfide) groups is 1. The SMILES string of the molecule is C=CCn1c(SCC(=O)Nc2ccc(Br)cc2C)nnc1C(C)Oc1cccc(OC)c1. The van der Waals surface area contributed by atoms with E-state index in [1.54, 1.807) is 13.2 Å². The Bertz CT molecular complexity index is 1100. The van der Waals surface area contributed by atoms with E-state index >= 15 is 0 Å². The molecule has 0 bridgehead atoms. The van der Waals surface area contributed by atoms with Crippen LogP contribution >= 0.6 is 27.7 Å². The first-order valence-corrected chi connectivity index (χ1v) is 11.7. The van der Waals surface area contributed by atoms with Crippen molar-refractivity contribution in [3.05, 3.63) is 71.0 Å². The Morgan fingerprint density at radius 2 is 2.06 bits per heavy atom. The van der Waals surface area contributed by atoms with Crippen LogP contribution in [0.25, 0.3) is 0 Å². The summed E-state index contributed by atoms with van der Waals surface area (Å²) in [5.74, 6) is 2.12. The summed E-state index contributed by atoms with van der Waals surface area (Å²) in [6.07, 6.45) is 1.41. The fourth-order valence-corrected chi connectivity index (χ4v) is 4.25. The Morgan fingerprint density at radius 1 is 1.28 bits per heavy atom. The number of methoxy groups -OCH3 is 1. The Balaban J connectivity index is 1.68. The zero-order chi connectivity index (χ0) is 23.1. The number of nitrogens with one attached hydrogen (secondary N) is 1. The van der Waals surface area contributed by atoms with Crippen molar-refractivity contribution in [2.45, 2.75) is 31.7 Å². The second-order valence-electron chi connectivity index (χ2n) is 6.98. The molecule has 168 valence electrons. The molecule has 32 heavy (non-hydrogen) atoms. The van der Waals surface area contributed by atoms with Crippen LogP contribution in [0.5, 0.6) is 11.5 Å². The summed E-state index contributed by atoms with van der Waals surface area (Å²) in [4.78, 5) is 12.5. The average Bonchev–Trinajstić information content (AvgIpc) is 3.17. The summed E-state index contributed by atoms with van der Waals surface area (Å²) in [5, 5.41) is 12.2. The maximum absolute atomic E-state index is 12.5. The Kier molecular flexibility index (Phi) is 8.35. The minimum atomic E-state index is -0.358. The number of allylic oxidation sites excluding steroid dienone is 1. The third-order valence-corrected chi connectivity index (χ3v) is 6.03. The normalized spacial score (nSPS) is 11.6. The molecule has 3 aromatic rings. The average molecular weight is 517 g/mol. The summed E-state index contributed by atoms with van der Waals surface area (Å²) >= 11 is 4.75. The lowest BCUT2D eigenvalue weighted by Gasteiger charge is -2.16. The van der Waals surface area contributed by atoms with Gasteiger partial charge >= 0.3 is 0 Å². The van der Waals surface area contributed by atoms with Crippen molar-refractivity contribution in [2.24, 2.45) is 0 Å². The standard InChI is InChI=1S/C23H25BrN4O3S/c1-5-11-28-22(16(3)31-19-8-6-7-18(13-19)30-4)26-27-23(28)32-14-21(29)25-20-10-9-17(24)12-15(20)2/h5-10,12-13,16H,1,11,14H2,2-4H3,(H,25,29). The number of amides is 1. The van der Waals surface area contributed by atoms with E-state index in [9.17, 15) is 4.79 Å². The van der Waals surface area contributed by atoms with E-state index in [1.165, 1.54) is 11.8 Å². The maximum Gasteiger partial charge on any atom is 0.234 e. The van der Waals surface area contributed by atoms with Gasteiger partial charge in [0.1, 0.15) is 11.5 Å². The van der Waals surface area contributed by atoms with Gasteiger partial charge in [-0.2, -0.15) is 0 Å². The zero-order valence-electron chi connectivity index (χ0n) is 18.2. The summed E-state index contributed by atoms with van der Waals surface area (Å²) in [5.41, 5.74) is 1.77. The number of carbonyl (C=O) groups excluding carboxylic acids is 1. The quantitative estimate of drug-likeness (QED) is 0.286. The Hall–Kier alpha value is -2.78. The molecule has 0 spiro atoms. The van der Waals surface area contributed by atoms with Gasteiger partial charge in [0.15, 0.2) is 17.1 Å². The molecule has 7 nitrogen and oxygen atoms in total. The molecular formula is C23H25BrN4O3S. The summed E-state index contributed by atoms with van der Waals surface area (Å²) in [6, 6.07) is 13.1. The smallest absolute Gasteiger partial charge is 0.234 e. The van der Waals surface area contributed by atoms with E-state index in [0.29, 0.717) is 29.0 Å². The minimum absolute atomic E-state index is 0.115. The molecular weight excluding hydrogens is 492 g/mol. The van der Waals surface area contributed by atoms with Gasteiger partial charge in [-0.3, -0.25) is 9.36 Å². The largest absolute Gasteiger partial charge is 0.497 e. The third-order valence-electron chi connectivity index (χ3n) is 4.57. The molecule has 0 aliphatic heterocycles. The fraction of sp³-hybridized carbons (Fsp3) is 0.261. The molecule has 1 amide bonds. The van der Waals surface area contributed by atoms with Gasteiger partial charge < -0.3 is 14.8 Å². The lowest BCUT2D eigenvalue weighted by Crippen LogP contribution is -2.16. The Morgan fingerprint density at radius 3 is 2.78 bits per heavy atom. The van der Waals surface area contributed by atoms with Crippen LogP contribution in [-0.2, 0) is 11.3 Å². The summed E-state index contributed by atoms with van der Waals surface area (Å²) < 4.78 is 14.2. The van der Waals surface area contributed by atoms with E-state index in [2.05, 4.69) is 38.0 Å². The first-order valence-electron chi connectivity index (χ1n) is 9.94. The van der Waals surface area contributed by atoms with Crippen LogP contribution in [0.1, 0.15) is 24.4 Å². The van der Waals surface area contributed by atoms with Gasteiger partial charge in [0, 0.05) is 22.8 Å². The minimum Gasteiger partial charge on any atom is -0.497 e. The van der Waals surface area contributed by atoms with E-state index < -0.39 is 0 Å². The van der Waals surface area contributed by atoms with Crippen molar-refractivity contribution in [3.8, 4) is 11.5 Å². The number of halogens is 1. The highest BCUT2D eigenvalue weighted by molar-refractivity contribution is 9.10. The van der Waals surface area contributed by atoms with Gasteiger partial charge in [0.25, 0.3) is 0 Å². The first-order chi connectivity index (χ1) is 15.4. The van der Waals surface area contributed by atoms with Crippen molar-refractivity contribution in [3.63, 3.8) is 0 Å². The number of aromatic nitrogens is 3. The molecule has 1 atom stereocenters. The van der Waals surface area contributed by atoms with E-state index in [-0.39, 0.29) is 17.8 Å². The molecule has 0 aliphatic rings. The van der Waals surface area contributed by atoms with Crippen molar-refractivity contribution >= 4 is 39.3 Å². The van der Waals surface area contributed by atoms with Crippen LogP contribution in [0.15, 0.2) is 64.7 Å². The van der Waals surface area contributed by atoms with E-state index in [4.69, 9.17) is 9.47 Å². The number of anilines is 1. The van der Waals surface area contributed by atoms with Crippen molar-refractivity contribution in [1.29, 1.82) is 0 Å².